The van der Waals surface area contributed by atoms with Crippen molar-refractivity contribution in [3.63, 3.8) is 0 Å². The van der Waals surface area contributed by atoms with Crippen molar-refractivity contribution < 1.29 is 5.11 Å². The minimum atomic E-state index is 0.112. The minimum absolute atomic E-state index is 0.112. The number of aliphatic hydroxyl groups excluding tert-OH is 1. The van der Waals surface area contributed by atoms with Gasteiger partial charge in [0.1, 0.15) is 5.82 Å². The van der Waals surface area contributed by atoms with E-state index < -0.39 is 0 Å². The molecule has 0 amide bonds. The van der Waals surface area contributed by atoms with Gasteiger partial charge in [0, 0.05) is 45.0 Å². The van der Waals surface area contributed by atoms with Crippen LogP contribution in [0.1, 0.15) is 42.5 Å². The number of pyridine rings is 1. The first kappa shape index (κ1) is 19.8. The van der Waals surface area contributed by atoms with Crippen molar-refractivity contribution in [1.82, 2.24) is 14.8 Å². The van der Waals surface area contributed by atoms with Crippen LogP contribution in [0, 0.1) is 0 Å². The summed E-state index contributed by atoms with van der Waals surface area (Å²) in [4.78, 5) is 9.35. The average molecular weight is 369 g/mol. The molecule has 146 valence electrons. The predicted molar refractivity (Wildman–Crippen MR) is 111 cm³/mol. The van der Waals surface area contributed by atoms with Crippen molar-refractivity contribution >= 4 is 5.82 Å². The average Bonchev–Trinajstić information content (AvgIpc) is 2.68. The van der Waals surface area contributed by atoms with Crippen LogP contribution in [0.3, 0.4) is 0 Å². The molecule has 1 fully saturated rings. The van der Waals surface area contributed by atoms with E-state index in [1.165, 1.54) is 16.7 Å². The maximum Gasteiger partial charge on any atom is 0.126 e. The summed E-state index contributed by atoms with van der Waals surface area (Å²) in [5.74, 6) is 1.36. The van der Waals surface area contributed by atoms with E-state index in [9.17, 15) is 0 Å². The Balaban J connectivity index is 1.72. The van der Waals surface area contributed by atoms with Gasteiger partial charge in [0.05, 0.1) is 6.61 Å². The van der Waals surface area contributed by atoms with Crippen molar-refractivity contribution in [2.75, 3.05) is 45.2 Å². The van der Waals surface area contributed by atoms with Crippen molar-refractivity contribution in [2.24, 2.45) is 0 Å². The lowest BCUT2D eigenvalue weighted by molar-refractivity contribution is 0.0899. The molecule has 1 saturated heterocycles. The number of nitrogens with zero attached hydrogens (tertiary/aromatic N) is 3. The summed E-state index contributed by atoms with van der Waals surface area (Å²) < 4.78 is 0. The Morgan fingerprint density at radius 2 is 2.04 bits per heavy atom. The zero-order chi connectivity index (χ0) is 19.2. The minimum Gasteiger partial charge on any atom is -0.395 e. The van der Waals surface area contributed by atoms with Crippen LogP contribution in [0.15, 0.2) is 42.6 Å². The highest BCUT2D eigenvalue weighted by atomic mass is 16.3. The van der Waals surface area contributed by atoms with Crippen molar-refractivity contribution in [3.05, 3.63) is 59.3 Å². The van der Waals surface area contributed by atoms with E-state index in [4.69, 9.17) is 5.11 Å². The molecule has 1 atom stereocenters. The molecule has 5 heteroatoms. The maximum atomic E-state index is 8.98. The van der Waals surface area contributed by atoms with Crippen LogP contribution in [-0.4, -0.2) is 59.7 Å². The Kier molecular flexibility index (Phi) is 6.83. The van der Waals surface area contributed by atoms with Gasteiger partial charge in [0.2, 0.25) is 0 Å². The smallest absolute Gasteiger partial charge is 0.126 e. The van der Waals surface area contributed by atoms with Gasteiger partial charge in [0.25, 0.3) is 0 Å². The quantitative estimate of drug-likeness (QED) is 0.787. The van der Waals surface area contributed by atoms with Gasteiger partial charge < -0.3 is 10.4 Å². The van der Waals surface area contributed by atoms with Gasteiger partial charge in [-0.15, -0.1) is 0 Å². The number of rotatable bonds is 7. The van der Waals surface area contributed by atoms with Gasteiger partial charge in [-0.05, 0) is 41.8 Å². The van der Waals surface area contributed by atoms with Crippen LogP contribution in [0.25, 0.3) is 0 Å². The fourth-order valence-corrected chi connectivity index (χ4v) is 3.86. The highest BCUT2D eigenvalue weighted by Crippen LogP contribution is 2.31. The topological polar surface area (TPSA) is 51.6 Å². The number of hydrogen-bond donors (Lipinski definition) is 2. The first-order chi connectivity index (χ1) is 13.1. The van der Waals surface area contributed by atoms with E-state index in [1.54, 1.807) is 0 Å². The molecule has 0 spiro atoms. The van der Waals surface area contributed by atoms with E-state index in [0.29, 0.717) is 18.5 Å². The summed E-state index contributed by atoms with van der Waals surface area (Å²) in [6.07, 6.45) is 1.84. The Hall–Kier alpha value is -1.95. The van der Waals surface area contributed by atoms with Crippen LogP contribution in [0.5, 0.6) is 0 Å². The molecule has 0 aliphatic carbocycles. The third kappa shape index (κ3) is 5.06. The molecule has 1 unspecified atom stereocenters. The maximum absolute atomic E-state index is 8.98. The highest BCUT2D eigenvalue weighted by Gasteiger charge is 2.27. The number of anilines is 1. The highest BCUT2D eigenvalue weighted by molar-refractivity contribution is 5.37. The summed E-state index contributed by atoms with van der Waals surface area (Å²) >= 11 is 0. The number of aromatic nitrogens is 1. The second kappa shape index (κ2) is 9.31. The van der Waals surface area contributed by atoms with Crippen LogP contribution in [0.4, 0.5) is 5.82 Å². The fourth-order valence-electron chi connectivity index (χ4n) is 3.86. The Morgan fingerprint density at radius 1 is 1.22 bits per heavy atom. The molecular formula is C22H32N4O. The third-order valence-corrected chi connectivity index (χ3v) is 5.36. The van der Waals surface area contributed by atoms with Crippen LogP contribution in [0.2, 0.25) is 0 Å². The molecule has 1 aliphatic heterocycles. The number of piperazine rings is 1. The number of likely N-dealkylation sites (N-methyl/N-ethyl adjacent to an activating group) is 1. The third-order valence-electron chi connectivity index (χ3n) is 5.36. The first-order valence-electron chi connectivity index (χ1n) is 9.89. The zero-order valence-electron chi connectivity index (χ0n) is 16.7. The zero-order valence-corrected chi connectivity index (χ0v) is 16.7. The summed E-state index contributed by atoms with van der Waals surface area (Å²) in [7, 11) is 2.24. The summed E-state index contributed by atoms with van der Waals surface area (Å²) in [6.45, 7) is 9.28. The van der Waals surface area contributed by atoms with Crippen molar-refractivity contribution in [3.8, 4) is 0 Å². The van der Waals surface area contributed by atoms with E-state index >= 15 is 0 Å². The molecule has 27 heavy (non-hydrogen) atoms. The molecule has 1 aromatic carbocycles. The molecule has 1 aromatic heterocycles. The van der Waals surface area contributed by atoms with Gasteiger partial charge in [-0.2, -0.15) is 0 Å². The Labute approximate surface area is 163 Å². The van der Waals surface area contributed by atoms with Gasteiger partial charge >= 0.3 is 0 Å². The van der Waals surface area contributed by atoms with E-state index in [-0.39, 0.29) is 6.61 Å². The first-order valence-corrected chi connectivity index (χ1v) is 9.89. The second-order valence-electron chi connectivity index (χ2n) is 7.71. The van der Waals surface area contributed by atoms with Crippen LogP contribution < -0.4 is 5.32 Å². The Bertz CT molecular complexity index is 734. The van der Waals surface area contributed by atoms with E-state index in [1.807, 2.05) is 6.20 Å². The number of hydrogen-bond acceptors (Lipinski definition) is 5. The second-order valence-corrected chi connectivity index (χ2v) is 7.71. The van der Waals surface area contributed by atoms with Gasteiger partial charge in [-0.1, -0.05) is 38.1 Å². The van der Waals surface area contributed by atoms with Crippen molar-refractivity contribution in [2.45, 2.75) is 32.4 Å². The molecule has 5 nitrogen and oxygen atoms in total. The molecule has 0 saturated carbocycles. The number of aliphatic hydroxyl groups is 1. The standard InChI is InChI=1S/C22H32N4O/c1-17(2)19-6-4-5-7-20(19)21-16-26(12-11-25(21)3)15-18-8-9-23-22(14-18)24-10-13-27/h4-9,14,17,21,27H,10-13,15-16H2,1-3H3,(H,23,24). The van der Waals surface area contributed by atoms with Gasteiger partial charge in [0.15, 0.2) is 0 Å². The van der Waals surface area contributed by atoms with Gasteiger partial charge in [-0.25, -0.2) is 4.98 Å². The van der Waals surface area contributed by atoms with Crippen LogP contribution in [-0.2, 0) is 6.54 Å². The monoisotopic (exact) mass is 368 g/mol. The lowest BCUT2D eigenvalue weighted by Gasteiger charge is -2.40. The molecule has 2 N–H and O–H groups in total. The predicted octanol–water partition coefficient (Wildman–Crippen LogP) is 3.10. The summed E-state index contributed by atoms with van der Waals surface area (Å²) in [5.41, 5.74) is 4.17. The molecule has 0 bridgehead atoms. The summed E-state index contributed by atoms with van der Waals surface area (Å²) in [5, 5.41) is 12.1. The SMILES string of the molecule is CC(C)c1ccccc1C1CN(Cc2ccnc(NCCO)c2)CCN1C. The number of nitrogens with one attached hydrogen (secondary N) is 1. The molecule has 0 radical (unpaired) electrons. The largest absolute Gasteiger partial charge is 0.395 e. The van der Waals surface area contributed by atoms with E-state index in [2.05, 4.69) is 77.4 Å². The summed E-state index contributed by atoms with van der Waals surface area (Å²) in [6, 6.07) is 13.5. The fraction of sp³-hybridized carbons (Fsp3) is 0.500. The molecular weight excluding hydrogens is 336 g/mol. The lowest BCUT2D eigenvalue weighted by Crippen LogP contribution is -2.46. The van der Waals surface area contributed by atoms with Crippen LogP contribution >= 0.6 is 0 Å². The Morgan fingerprint density at radius 3 is 2.81 bits per heavy atom. The van der Waals surface area contributed by atoms with E-state index in [0.717, 1.165) is 32.0 Å². The normalized spacial score (nSPS) is 18.8. The van der Waals surface area contributed by atoms with Gasteiger partial charge in [-0.3, -0.25) is 9.80 Å². The lowest BCUT2D eigenvalue weighted by atomic mass is 9.91. The molecule has 2 aromatic rings. The molecule has 1 aliphatic rings. The molecule has 2 heterocycles. The molecule has 3 rings (SSSR count). The number of benzene rings is 1. The van der Waals surface area contributed by atoms with Crippen molar-refractivity contribution in [1.29, 1.82) is 0 Å².